The number of hydrogen-bond acceptors (Lipinski definition) is 5. The highest BCUT2D eigenvalue weighted by Crippen LogP contribution is 2.40. The molecule has 0 N–H and O–H groups in total. The van der Waals surface area contributed by atoms with E-state index in [1.807, 2.05) is 12.1 Å². The van der Waals surface area contributed by atoms with Gasteiger partial charge >= 0.3 is 5.97 Å². The molecule has 5 nitrogen and oxygen atoms in total. The van der Waals surface area contributed by atoms with Crippen molar-refractivity contribution < 1.29 is 19.0 Å². The number of methoxy groups -OCH3 is 1. The van der Waals surface area contributed by atoms with Crippen molar-refractivity contribution in [3.05, 3.63) is 22.7 Å². The molecule has 0 aromatic heterocycles. The summed E-state index contributed by atoms with van der Waals surface area (Å²) >= 11 is 6.19. The van der Waals surface area contributed by atoms with Crippen molar-refractivity contribution in [2.24, 2.45) is 11.8 Å². The molecule has 1 saturated heterocycles. The number of rotatable bonds is 3. The second kappa shape index (κ2) is 5.73. The Morgan fingerprint density at radius 2 is 2.24 bits per heavy atom. The van der Waals surface area contributed by atoms with E-state index in [2.05, 4.69) is 11.8 Å². The lowest BCUT2D eigenvalue weighted by Crippen LogP contribution is -2.24. The molecule has 2 aliphatic heterocycles. The number of nitrogens with zero attached hydrogens (tertiary/aromatic N) is 1. The fourth-order valence-electron chi connectivity index (χ4n) is 3.02. The maximum absolute atomic E-state index is 11.7. The van der Waals surface area contributed by atoms with Crippen molar-refractivity contribution in [3.8, 4) is 11.5 Å². The van der Waals surface area contributed by atoms with Crippen LogP contribution in [-0.4, -0.2) is 37.9 Å². The van der Waals surface area contributed by atoms with Gasteiger partial charge in [-0.3, -0.25) is 9.69 Å². The van der Waals surface area contributed by atoms with Gasteiger partial charge in [0.05, 0.1) is 18.1 Å². The van der Waals surface area contributed by atoms with Crippen molar-refractivity contribution in [1.82, 2.24) is 4.90 Å². The molecule has 1 fully saturated rings. The lowest BCUT2D eigenvalue weighted by atomic mass is 9.99. The summed E-state index contributed by atoms with van der Waals surface area (Å²) in [7, 11) is 1.44. The third-order valence-corrected chi connectivity index (χ3v) is 4.37. The van der Waals surface area contributed by atoms with Crippen LogP contribution >= 0.6 is 11.6 Å². The smallest absolute Gasteiger partial charge is 0.310 e. The Hall–Kier alpha value is -1.46. The lowest BCUT2D eigenvalue weighted by molar-refractivity contribution is -0.146. The molecule has 0 spiro atoms. The van der Waals surface area contributed by atoms with E-state index in [1.54, 1.807) is 0 Å². The molecular weight excluding hydrogens is 294 g/mol. The van der Waals surface area contributed by atoms with Crippen LogP contribution in [0.15, 0.2) is 12.1 Å². The maximum Gasteiger partial charge on any atom is 0.310 e. The highest BCUT2D eigenvalue weighted by molar-refractivity contribution is 6.32. The molecule has 1 aromatic carbocycles. The topological polar surface area (TPSA) is 48.0 Å². The normalized spacial score (nSPS) is 24.3. The Labute approximate surface area is 128 Å². The zero-order valence-electron chi connectivity index (χ0n) is 12.1. The summed E-state index contributed by atoms with van der Waals surface area (Å²) in [6, 6.07) is 3.84. The molecule has 0 saturated carbocycles. The SMILES string of the molecule is COC(=O)C1CN(Cc2cc(Cl)c3c(c2)OCO3)CC1C. The van der Waals surface area contributed by atoms with Crippen LogP contribution < -0.4 is 9.47 Å². The van der Waals surface area contributed by atoms with Crippen LogP contribution in [0.1, 0.15) is 12.5 Å². The summed E-state index contributed by atoms with van der Waals surface area (Å²) < 4.78 is 15.5. The van der Waals surface area contributed by atoms with E-state index < -0.39 is 0 Å². The molecule has 1 aromatic rings. The first kappa shape index (κ1) is 14.5. The third-order valence-electron chi connectivity index (χ3n) is 4.09. The monoisotopic (exact) mass is 311 g/mol. The first-order valence-corrected chi connectivity index (χ1v) is 7.34. The van der Waals surface area contributed by atoms with Gasteiger partial charge in [-0.05, 0) is 23.6 Å². The quantitative estimate of drug-likeness (QED) is 0.802. The van der Waals surface area contributed by atoms with Gasteiger partial charge < -0.3 is 14.2 Å². The van der Waals surface area contributed by atoms with Crippen LogP contribution in [0.5, 0.6) is 11.5 Å². The summed E-state index contributed by atoms with van der Waals surface area (Å²) in [4.78, 5) is 14.0. The number of likely N-dealkylation sites (tertiary alicyclic amines) is 1. The summed E-state index contributed by atoms with van der Waals surface area (Å²) in [6.07, 6.45) is 0. The predicted molar refractivity (Wildman–Crippen MR) is 77.5 cm³/mol. The van der Waals surface area contributed by atoms with Gasteiger partial charge in [0.1, 0.15) is 0 Å². The van der Waals surface area contributed by atoms with Gasteiger partial charge in [0.25, 0.3) is 0 Å². The molecule has 2 unspecified atom stereocenters. The van der Waals surface area contributed by atoms with Crippen molar-refractivity contribution in [3.63, 3.8) is 0 Å². The number of ether oxygens (including phenoxy) is 3. The van der Waals surface area contributed by atoms with Crippen LogP contribution in [-0.2, 0) is 16.1 Å². The molecule has 0 aliphatic carbocycles. The van der Waals surface area contributed by atoms with E-state index in [0.717, 1.165) is 18.7 Å². The van der Waals surface area contributed by atoms with Gasteiger partial charge in [0.2, 0.25) is 6.79 Å². The average molecular weight is 312 g/mol. The molecule has 21 heavy (non-hydrogen) atoms. The molecule has 114 valence electrons. The Morgan fingerprint density at radius 3 is 3.00 bits per heavy atom. The van der Waals surface area contributed by atoms with E-state index in [-0.39, 0.29) is 18.7 Å². The van der Waals surface area contributed by atoms with Crippen LogP contribution in [0.4, 0.5) is 0 Å². The van der Waals surface area contributed by atoms with Gasteiger partial charge in [0, 0.05) is 19.6 Å². The Balaban J connectivity index is 1.71. The zero-order valence-corrected chi connectivity index (χ0v) is 12.9. The number of carbonyl (C=O) groups is 1. The highest BCUT2D eigenvalue weighted by atomic mass is 35.5. The summed E-state index contributed by atoms with van der Waals surface area (Å²) in [5.41, 5.74) is 1.06. The van der Waals surface area contributed by atoms with Gasteiger partial charge in [-0.25, -0.2) is 0 Å². The minimum absolute atomic E-state index is 0.0560. The first-order valence-electron chi connectivity index (χ1n) is 6.96. The highest BCUT2D eigenvalue weighted by Gasteiger charge is 2.35. The van der Waals surface area contributed by atoms with Crippen molar-refractivity contribution >= 4 is 17.6 Å². The maximum atomic E-state index is 11.7. The number of hydrogen-bond donors (Lipinski definition) is 0. The van der Waals surface area contributed by atoms with E-state index in [9.17, 15) is 4.79 Å². The molecule has 2 heterocycles. The Morgan fingerprint density at radius 1 is 1.43 bits per heavy atom. The molecule has 0 amide bonds. The molecule has 2 aliphatic rings. The van der Waals surface area contributed by atoms with Crippen molar-refractivity contribution in [1.29, 1.82) is 0 Å². The first-order chi connectivity index (χ1) is 10.1. The second-order valence-electron chi connectivity index (χ2n) is 5.61. The number of esters is 1. The number of halogens is 1. The van der Waals surface area contributed by atoms with Gasteiger partial charge in [-0.1, -0.05) is 18.5 Å². The molecule has 0 bridgehead atoms. The van der Waals surface area contributed by atoms with Gasteiger partial charge in [-0.2, -0.15) is 0 Å². The molecule has 2 atom stereocenters. The van der Waals surface area contributed by atoms with E-state index in [4.69, 9.17) is 25.8 Å². The predicted octanol–water partition coefficient (Wildman–Crippen LogP) is 2.31. The number of fused-ring (bicyclic) bond motifs is 1. The van der Waals surface area contributed by atoms with Crippen LogP contribution in [0, 0.1) is 11.8 Å². The van der Waals surface area contributed by atoms with Crippen molar-refractivity contribution in [2.45, 2.75) is 13.5 Å². The van der Waals surface area contributed by atoms with E-state index >= 15 is 0 Å². The van der Waals surface area contributed by atoms with E-state index in [1.165, 1.54) is 7.11 Å². The van der Waals surface area contributed by atoms with Crippen molar-refractivity contribution in [2.75, 3.05) is 27.0 Å². The molecular formula is C15H18ClNO4. The number of carbonyl (C=O) groups excluding carboxylic acids is 1. The second-order valence-corrected chi connectivity index (χ2v) is 6.02. The third kappa shape index (κ3) is 2.80. The largest absolute Gasteiger partial charge is 0.469 e. The van der Waals surface area contributed by atoms with E-state index in [0.29, 0.717) is 29.0 Å². The molecule has 3 rings (SSSR count). The molecule has 6 heteroatoms. The zero-order chi connectivity index (χ0) is 15.0. The summed E-state index contributed by atoms with van der Waals surface area (Å²) in [6.45, 7) is 4.60. The Kier molecular flexibility index (Phi) is 3.95. The standard InChI is InChI=1S/C15H18ClNO4/c1-9-5-17(7-11(9)15(18)19-2)6-10-3-12(16)14-13(4-10)20-8-21-14/h3-4,9,11H,5-8H2,1-2H3. The summed E-state index contributed by atoms with van der Waals surface area (Å²) in [5.74, 6) is 1.41. The fourth-order valence-corrected chi connectivity index (χ4v) is 3.31. The summed E-state index contributed by atoms with van der Waals surface area (Å²) in [5, 5.41) is 0.566. The Bertz CT molecular complexity index is 563. The number of benzene rings is 1. The van der Waals surface area contributed by atoms with Crippen LogP contribution in [0.2, 0.25) is 5.02 Å². The lowest BCUT2D eigenvalue weighted by Gasteiger charge is -2.16. The average Bonchev–Trinajstić information content (AvgIpc) is 3.05. The van der Waals surface area contributed by atoms with Gasteiger partial charge in [0.15, 0.2) is 11.5 Å². The minimum atomic E-state index is -0.131. The van der Waals surface area contributed by atoms with Crippen LogP contribution in [0.25, 0.3) is 0 Å². The van der Waals surface area contributed by atoms with Gasteiger partial charge in [-0.15, -0.1) is 0 Å². The minimum Gasteiger partial charge on any atom is -0.469 e. The van der Waals surface area contributed by atoms with Crippen LogP contribution in [0.3, 0.4) is 0 Å². The fraction of sp³-hybridized carbons (Fsp3) is 0.533. The molecule has 0 radical (unpaired) electrons.